The Morgan fingerprint density at radius 2 is 1.58 bits per heavy atom. The first-order valence-electron chi connectivity index (χ1n) is 11.4. The lowest BCUT2D eigenvalue weighted by molar-refractivity contribution is 0.222. The first kappa shape index (κ1) is 22.0. The predicted octanol–water partition coefficient (Wildman–Crippen LogP) is 4.76. The Balaban J connectivity index is 1.87. The zero-order valence-corrected chi connectivity index (χ0v) is 19.8. The average molecular weight is 485 g/mol. The van der Waals surface area contributed by atoms with E-state index in [-0.39, 0.29) is 5.56 Å². The maximum absolute atomic E-state index is 15.2. The number of hydrogen-bond acceptors (Lipinski definition) is 3. The van der Waals surface area contributed by atoms with Crippen molar-refractivity contribution >= 4 is 10.9 Å². The van der Waals surface area contributed by atoms with Gasteiger partial charge in [0.05, 0.1) is 28.0 Å². The SMILES string of the molecule is Cc1ccc(-c2c3c(=O)n(C)c(=O)n(C)c3c3n2-c2ccccc2O[C@H]3c2cccc(F)c2F)cc1. The van der Waals surface area contributed by atoms with E-state index in [0.717, 1.165) is 21.8 Å². The molecule has 0 N–H and O–H groups in total. The minimum atomic E-state index is -1.12. The molecule has 0 saturated carbocycles. The van der Waals surface area contributed by atoms with Gasteiger partial charge < -0.3 is 9.30 Å². The van der Waals surface area contributed by atoms with Gasteiger partial charge in [0.15, 0.2) is 17.7 Å². The van der Waals surface area contributed by atoms with Crippen molar-refractivity contribution in [2.24, 2.45) is 14.1 Å². The number of halogens is 2. The molecule has 0 bridgehead atoms. The zero-order chi connectivity index (χ0) is 25.3. The molecule has 1 aliphatic rings. The van der Waals surface area contributed by atoms with Crippen LogP contribution in [0.4, 0.5) is 8.78 Å². The Bertz CT molecular complexity index is 1810. The Morgan fingerprint density at radius 3 is 2.33 bits per heavy atom. The second-order valence-corrected chi connectivity index (χ2v) is 8.97. The molecule has 6 rings (SSSR count). The van der Waals surface area contributed by atoms with Crippen LogP contribution in [0, 0.1) is 18.6 Å². The fourth-order valence-electron chi connectivity index (χ4n) is 5.03. The summed E-state index contributed by atoms with van der Waals surface area (Å²) in [4.78, 5) is 26.6. The highest BCUT2D eigenvalue weighted by Crippen LogP contribution is 2.47. The summed E-state index contributed by atoms with van der Waals surface area (Å²) in [6.45, 7) is 1.96. The van der Waals surface area contributed by atoms with Gasteiger partial charge in [0.1, 0.15) is 5.75 Å². The highest BCUT2D eigenvalue weighted by molar-refractivity contribution is 5.98. The maximum Gasteiger partial charge on any atom is 0.331 e. The molecular formula is C28H21F2N3O3. The molecule has 6 nitrogen and oxygen atoms in total. The number of fused-ring (bicyclic) bond motifs is 5. The van der Waals surface area contributed by atoms with E-state index in [1.807, 2.05) is 47.9 Å². The molecule has 36 heavy (non-hydrogen) atoms. The molecular weight excluding hydrogens is 464 g/mol. The number of hydrogen-bond donors (Lipinski definition) is 0. The third-order valence-corrected chi connectivity index (χ3v) is 6.80. The normalized spacial score (nSPS) is 14.4. The van der Waals surface area contributed by atoms with E-state index < -0.39 is 29.0 Å². The van der Waals surface area contributed by atoms with Crippen molar-refractivity contribution in [3.63, 3.8) is 0 Å². The van der Waals surface area contributed by atoms with Gasteiger partial charge in [-0.2, -0.15) is 0 Å². The Labute approximate surface area is 204 Å². The molecule has 8 heteroatoms. The smallest absolute Gasteiger partial charge is 0.331 e. The van der Waals surface area contributed by atoms with Crippen LogP contribution >= 0.6 is 0 Å². The van der Waals surface area contributed by atoms with E-state index in [1.54, 1.807) is 19.2 Å². The van der Waals surface area contributed by atoms with Gasteiger partial charge in [-0.3, -0.25) is 13.9 Å². The second kappa shape index (κ2) is 7.78. The van der Waals surface area contributed by atoms with Crippen molar-refractivity contribution in [2.75, 3.05) is 0 Å². The van der Waals surface area contributed by atoms with Crippen LogP contribution in [0.25, 0.3) is 27.8 Å². The Morgan fingerprint density at radius 1 is 0.861 bits per heavy atom. The van der Waals surface area contributed by atoms with Crippen molar-refractivity contribution < 1.29 is 13.5 Å². The van der Waals surface area contributed by atoms with Crippen LogP contribution in [-0.2, 0) is 14.1 Å². The van der Waals surface area contributed by atoms with Crippen LogP contribution in [0.1, 0.15) is 22.9 Å². The molecule has 1 aliphatic heterocycles. The third-order valence-electron chi connectivity index (χ3n) is 6.80. The molecule has 1 atom stereocenters. The Hall–Kier alpha value is -4.46. The van der Waals surface area contributed by atoms with Crippen molar-refractivity contribution in [2.45, 2.75) is 13.0 Å². The van der Waals surface area contributed by atoms with Crippen LogP contribution in [0.3, 0.4) is 0 Å². The van der Waals surface area contributed by atoms with Crippen molar-refractivity contribution in [3.8, 4) is 22.7 Å². The minimum absolute atomic E-state index is 0.0336. The van der Waals surface area contributed by atoms with Gasteiger partial charge in [-0.15, -0.1) is 0 Å². The molecule has 0 saturated heterocycles. The molecule has 0 radical (unpaired) electrons. The van der Waals surface area contributed by atoms with Gasteiger partial charge in [-0.1, -0.05) is 54.1 Å². The maximum atomic E-state index is 15.2. The van der Waals surface area contributed by atoms with E-state index in [2.05, 4.69) is 0 Å². The average Bonchev–Trinajstić information content (AvgIpc) is 3.24. The van der Waals surface area contributed by atoms with Gasteiger partial charge in [-0.05, 0) is 30.7 Å². The molecule has 5 aromatic rings. The number of benzene rings is 3. The molecule has 180 valence electrons. The Kier molecular flexibility index (Phi) is 4.76. The largest absolute Gasteiger partial charge is 0.477 e. The highest BCUT2D eigenvalue weighted by Gasteiger charge is 2.37. The number of ether oxygens (including phenoxy) is 1. The quantitative estimate of drug-likeness (QED) is 0.362. The van der Waals surface area contributed by atoms with Crippen LogP contribution in [0.15, 0.2) is 76.3 Å². The van der Waals surface area contributed by atoms with Crippen molar-refractivity contribution in [3.05, 3.63) is 116 Å². The van der Waals surface area contributed by atoms with Crippen LogP contribution in [0.2, 0.25) is 0 Å². The zero-order valence-electron chi connectivity index (χ0n) is 19.8. The summed E-state index contributed by atoms with van der Waals surface area (Å²) in [6, 6.07) is 18.7. The summed E-state index contributed by atoms with van der Waals surface area (Å²) in [5.74, 6) is -1.62. The number of para-hydroxylation sites is 2. The minimum Gasteiger partial charge on any atom is -0.477 e. The second-order valence-electron chi connectivity index (χ2n) is 8.97. The fourth-order valence-corrected chi connectivity index (χ4v) is 5.03. The first-order chi connectivity index (χ1) is 17.3. The molecule has 3 aromatic carbocycles. The molecule has 2 aromatic heterocycles. The number of aryl methyl sites for hydroxylation is 2. The van der Waals surface area contributed by atoms with Crippen LogP contribution in [0.5, 0.6) is 5.75 Å². The summed E-state index contributed by atoms with van der Waals surface area (Å²) >= 11 is 0. The van der Waals surface area contributed by atoms with E-state index in [9.17, 15) is 14.0 Å². The van der Waals surface area contributed by atoms with Gasteiger partial charge in [0, 0.05) is 19.7 Å². The topological polar surface area (TPSA) is 58.2 Å². The molecule has 0 aliphatic carbocycles. The molecule has 3 heterocycles. The summed E-state index contributed by atoms with van der Waals surface area (Å²) in [5.41, 5.74) is 2.59. The first-order valence-corrected chi connectivity index (χ1v) is 11.4. The van der Waals surface area contributed by atoms with Gasteiger partial charge in [0.2, 0.25) is 0 Å². The lowest BCUT2D eigenvalue weighted by Crippen LogP contribution is -2.37. The monoisotopic (exact) mass is 485 g/mol. The standard InChI is InChI=1S/C28H21F2N3O3/c1-15-11-13-16(14-12-15)23-21-24(31(2)28(35)32(3)27(21)34)25-26(17-7-6-8-18(29)22(17)30)36-20-10-5-4-9-19(20)33(23)25/h4-14,26H,1-3H3/t26-/m0/s1. The van der Waals surface area contributed by atoms with E-state index >= 15 is 4.39 Å². The van der Waals surface area contributed by atoms with Crippen molar-refractivity contribution in [1.29, 1.82) is 0 Å². The fraction of sp³-hybridized carbons (Fsp3) is 0.143. The summed E-state index contributed by atoms with van der Waals surface area (Å²) in [6.07, 6.45) is -1.12. The molecule has 0 spiro atoms. The lowest BCUT2D eigenvalue weighted by atomic mass is 10.0. The van der Waals surface area contributed by atoms with Crippen LogP contribution < -0.4 is 16.0 Å². The summed E-state index contributed by atoms with van der Waals surface area (Å²) in [7, 11) is 2.98. The number of aromatic nitrogens is 3. The number of nitrogens with zero attached hydrogens (tertiary/aromatic N) is 3. The summed E-state index contributed by atoms with van der Waals surface area (Å²) < 4.78 is 40.0. The molecule has 0 unspecified atom stereocenters. The molecule has 0 amide bonds. The molecule has 0 fully saturated rings. The van der Waals surface area contributed by atoms with Gasteiger partial charge in [0.25, 0.3) is 5.56 Å². The highest BCUT2D eigenvalue weighted by atomic mass is 19.2. The third kappa shape index (κ3) is 2.94. The van der Waals surface area contributed by atoms with Gasteiger partial charge >= 0.3 is 5.69 Å². The van der Waals surface area contributed by atoms with E-state index in [1.165, 1.54) is 23.7 Å². The summed E-state index contributed by atoms with van der Waals surface area (Å²) in [5, 5.41) is 0.292. The van der Waals surface area contributed by atoms with Crippen molar-refractivity contribution in [1.82, 2.24) is 13.7 Å². The van der Waals surface area contributed by atoms with E-state index in [4.69, 9.17) is 4.74 Å². The lowest BCUT2D eigenvalue weighted by Gasteiger charge is -2.30. The van der Waals surface area contributed by atoms with Crippen LogP contribution in [-0.4, -0.2) is 13.7 Å². The predicted molar refractivity (Wildman–Crippen MR) is 133 cm³/mol. The van der Waals surface area contributed by atoms with Gasteiger partial charge in [-0.25, -0.2) is 13.6 Å². The number of rotatable bonds is 2. The van der Waals surface area contributed by atoms with E-state index in [0.29, 0.717) is 33.7 Å².